The Kier molecular flexibility index (Phi) is 8.22. The molecule has 1 aliphatic rings. The first-order valence-corrected chi connectivity index (χ1v) is 12.2. The van der Waals surface area contributed by atoms with Gasteiger partial charge in [-0.2, -0.15) is 0 Å². The highest BCUT2D eigenvalue weighted by Crippen LogP contribution is 2.45. The van der Waals surface area contributed by atoms with Gasteiger partial charge in [0.15, 0.2) is 6.10 Å². The molecule has 0 bridgehead atoms. The minimum absolute atomic E-state index is 0.323. The maximum atomic E-state index is 11.3. The lowest BCUT2D eigenvalue weighted by Crippen LogP contribution is -2.26. The summed E-state index contributed by atoms with van der Waals surface area (Å²) < 4.78 is 17.3. The predicted molar refractivity (Wildman–Crippen MR) is 138 cm³/mol. The summed E-state index contributed by atoms with van der Waals surface area (Å²) in [6.45, 7) is 5.46. The number of rotatable bonds is 12. The van der Waals surface area contributed by atoms with Crippen LogP contribution in [0.25, 0.3) is 16.7 Å². The predicted octanol–water partition coefficient (Wildman–Crippen LogP) is 6.39. The Morgan fingerprint density at radius 1 is 0.886 bits per heavy atom. The van der Waals surface area contributed by atoms with Gasteiger partial charge < -0.3 is 19.3 Å². The highest BCUT2D eigenvalue weighted by atomic mass is 16.5. The molecule has 1 aliphatic carbocycles. The van der Waals surface area contributed by atoms with Crippen molar-refractivity contribution in [3.63, 3.8) is 0 Å². The van der Waals surface area contributed by atoms with E-state index in [4.69, 9.17) is 14.2 Å². The van der Waals surface area contributed by atoms with Gasteiger partial charge in [0.05, 0.1) is 6.61 Å². The molecule has 5 heteroatoms. The zero-order valence-corrected chi connectivity index (χ0v) is 20.3. The van der Waals surface area contributed by atoms with Crippen LogP contribution in [0.4, 0.5) is 0 Å². The zero-order chi connectivity index (χ0) is 24.6. The second kappa shape index (κ2) is 11.7. The molecule has 0 saturated carbocycles. The maximum absolute atomic E-state index is 11.3. The Morgan fingerprint density at radius 2 is 1.60 bits per heavy atom. The molecule has 5 nitrogen and oxygen atoms in total. The third kappa shape index (κ3) is 5.92. The van der Waals surface area contributed by atoms with Gasteiger partial charge in [-0.1, -0.05) is 55.8 Å². The van der Waals surface area contributed by atoms with Gasteiger partial charge in [-0.05, 0) is 77.1 Å². The molecule has 1 atom stereocenters. The highest BCUT2D eigenvalue weighted by molar-refractivity contribution is 6.01. The Bertz CT molecular complexity index is 1180. The van der Waals surface area contributed by atoms with Gasteiger partial charge in [0.2, 0.25) is 0 Å². The lowest BCUT2D eigenvalue weighted by molar-refractivity contribution is -0.149. The van der Waals surface area contributed by atoms with Crippen molar-refractivity contribution in [1.82, 2.24) is 0 Å². The summed E-state index contributed by atoms with van der Waals surface area (Å²) in [5.41, 5.74) is 6.83. The fourth-order valence-electron chi connectivity index (χ4n) is 4.30. The smallest absolute Gasteiger partial charge is 0.333 e. The molecule has 3 aromatic rings. The Hall–Kier alpha value is -3.57. The normalized spacial score (nSPS) is 13.8. The van der Waals surface area contributed by atoms with E-state index in [1.54, 1.807) is 6.92 Å². The molecule has 0 heterocycles. The van der Waals surface area contributed by atoms with E-state index >= 15 is 0 Å². The molecule has 182 valence electrons. The molecule has 0 spiro atoms. The van der Waals surface area contributed by atoms with Gasteiger partial charge in [0.1, 0.15) is 18.1 Å². The van der Waals surface area contributed by atoms with E-state index in [-0.39, 0.29) is 0 Å². The molecule has 0 fully saturated rings. The number of carboxylic acid groups (broad SMARTS) is 1. The lowest BCUT2D eigenvalue weighted by atomic mass is 10.0. The molecule has 0 saturated heterocycles. The SMILES string of the molecule is CCCCOc1ccc2c(c1)C(=CCOc1ccc(CC(OCC)C(=O)O)cc1)c1ccccc1-2. The molecule has 1 N–H and O–H groups in total. The minimum Gasteiger partial charge on any atom is -0.494 e. The summed E-state index contributed by atoms with van der Waals surface area (Å²) in [7, 11) is 0. The van der Waals surface area contributed by atoms with Crippen molar-refractivity contribution in [3.05, 3.63) is 89.5 Å². The molecule has 1 unspecified atom stereocenters. The zero-order valence-electron chi connectivity index (χ0n) is 20.3. The number of carbonyl (C=O) groups is 1. The van der Waals surface area contributed by atoms with Crippen LogP contribution >= 0.6 is 0 Å². The van der Waals surface area contributed by atoms with Crippen LogP contribution in [0.15, 0.2) is 72.8 Å². The summed E-state index contributed by atoms with van der Waals surface area (Å²) in [6, 6.07) is 22.2. The van der Waals surface area contributed by atoms with E-state index in [2.05, 4.69) is 49.4 Å². The second-order valence-electron chi connectivity index (χ2n) is 8.51. The van der Waals surface area contributed by atoms with Crippen molar-refractivity contribution in [2.24, 2.45) is 0 Å². The van der Waals surface area contributed by atoms with Gasteiger partial charge in [-0.25, -0.2) is 4.79 Å². The number of fused-ring (bicyclic) bond motifs is 3. The number of hydrogen-bond donors (Lipinski definition) is 1. The first-order chi connectivity index (χ1) is 17.1. The fraction of sp³-hybridized carbons (Fsp3) is 0.300. The van der Waals surface area contributed by atoms with Crippen LogP contribution in [0.1, 0.15) is 43.4 Å². The molecular weight excluding hydrogens is 440 g/mol. The first kappa shape index (κ1) is 24.6. The fourth-order valence-corrected chi connectivity index (χ4v) is 4.30. The van der Waals surface area contributed by atoms with Crippen LogP contribution in [0.2, 0.25) is 0 Å². The molecule has 35 heavy (non-hydrogen) atoms. The van der Waals surface area contributed by atoms with Crippen molar-refractivity contribution in [3.8, 4) is 22.6 Å². The number of ether oxygens (including phenoxy) is 3. The van der Waals surface area contributed by atoms with Gasteiger partial charge in [-0.3, -0.25) is 0 Å². The van der Waals surface area contributed by atoms with Crippen LogP contribution in [0.3, 0.4) is 0 Å². The number of carboxylic acids is 1. The van der Waals surface area contributed by atoms with Gasteiger partial charge in [0, 0.05) is 13.0 Å². The number of unbranched alkanes of at least 4 members (excludes halogenated alkanes) is 1. The Balaban J connectivity index is 1.47. The number of aliphatic carboxylic acids is 1. The van der Waals surface area contributed by atoms with Crippen molar-refractivity contribution in [2.45, 2.75) is 39.2 Å². The summed E-state index contributed by atoms with van der Waals surface area (Å²) in [5, 5.41) is 9.29. The van der Waals surface area contributed by atoms with Gasteiger partial charge >= 0.3 is 5.97 Å². The van der Waals surface area contributed by atoms with Gasteiger partial charge in [-0.15, -0.1) is 0 Å². The lowest BCUT2D eigenvalue weighted by Gasteiger charge is -2.13. The van der Waals surface area contributed by atoms with E-state index in [1.807, 2.05) is 30.3 Å². The molecule has 0 amide bonds. The van der Waals surface area contributed by atoms with Crippen molar-refractivity contribution in [2.75, 3.05) is 19.8 Å². The third-order valence-corrected chi connectivity index (χ3v) is 6.08. The first-order valence-electron chi connectivity index (χ1n) is 12.2. The van der Waals surface area contributed by atoms with Crippen molar-refractivity contribution >= 4 is 11.5 Å². The summed E-state index contributed by atoms with van der Waals surface area (Å²) in [4.78, 5) is 11.3. The Morgan fingerprint density at radius 3 is 2.31 bits per heavy atom. The third-order valence-electron chi connectivity index (χ3n) is 6.08. The van der Waals surface area contributed by atoms with Crippen molar-refractivity contribution < 1.29 is 24.1 Å². The number of benzene rings is 3. The molecule has 4 rings (SSSR count). The van der Waals surface area contributed by atoms with Crippen LogP contribution in [0.5, 0.6) is 11.5 Å². The highest BCUT2D eigenvalue weighted by Gasteiger charge is 2.23. The second-order valence-corrected chi connectivity index (χ2v) is 8.51. The van der Waals surface area contributed by atoms with E-state index < -0.39 is 12.1 Å². The average molecular weight is 473 g/mol. The van der Waals surface area contributed by atoms with E-state index in [0.717, 1.165) is 47.6 Å². The monoisotopic (exact) mass is 472 g/mol. The minimum atomic E-state index is -0.949. The topological polar surface area (TPSA) is 65.0 Å². The summed E-state index contributed by atoms with van der Waals surface area (Å²) >= 11 is 0. The molecular formula is C30H32O5. The quantitative estimate of drug-likeness (QED) is 0.242. The van der Waals surface area contributed by atoms with Gasteiger partial charge in [0.25, 0.3) is 0 Å². The van der Waals surface area contributed by atoms with E-state index in [9.17, 15) is 9.90 Å². The average Bonchev–Trinajstić information content (AvgIpc) is 3.18. The van der Waals surface area contributed by atoms with Crippen LogP contribution in [-0.2, 0) is 16.0 Å². The van der Waals surface area contributed by atoms with E-state index in [0.29, 0.717) is 19.6 Å². The van der Waals surface area contributed by atoms with Crippen LogP contribution in [-0.4, -0.2) is 37.0 Å². The molecule has 0 radical (unpaired) electrons. The maximum Gasteiger partial charge on any atom is 0.333 e. The van der Waals surface area contributed by atoms with E-state index in [1.165, 1.54) is 16.7 Å². The van der Waals surface area contributed by atoms with Crippen LogP contribution < -0.4 is 9.47 Å². The standard InChI is InChI=1S/C30H32O5/c1-3-5-17-34-23-14-15-26-24-8-6-7-9-25(24)27(28(26)20-23)16-18-35-22-12-10-21(11-13-22)19-29(30(31)32)33-4-2/h6-16,20,29H,3-5,17-19H2,1-2H3,(H,31,32). The van der Waals surface area contributed by atoms with Crippen LogP contribution in [0, 0.1) is 0 Å². The molecule has 0 aromatic heterocycles. The largest absolute Gasteiger partial charge is 0.494 e. The molecule has 0 aliphatic heterocycles. The molecule has 3 aromatic carbocycles. The summed E-state index contributed by atoms with van der Waals surface area (Å²) in [5.74, 6) is 0.672. The van der Waals surface area contributed by atoms with Crippen molar-refractivity contribution in [1.29, 1.82) is 0 Å². The Labute approximate surface area is 207 Å². The number of hydrogen-bond acceptors (Lipinski definition) is 4. The summed E-state index contributed by atoms with van der Waals surface area (Å²) in [6.07, 6.45) is 3.74.